The highest BCUT2D eigenvalue weighted by Crippen LogP contribution is 2.36. The number of carbonyl (C=O) groups excluding carboxylic acids is 4. The molecule has 2 aliphatic heterocycles. The van der Waals surface area contributed by atoms with Crippen molar-refractivity contribution in [1.29, 1.82) is 5.26 Å². The smallest absolute Gasteiger partial charge is 0.258 e. The largest absolute Gasteiger partial charge is 0.456 e. The van der Waals surface area contributed by atoms with Gasteiger partial charge in [0.05, 0.1) is 11.4 Å². The molecule has 0 bridgehead atoms. The van der Waals surface area contributed by atoms with Crippen LogP contribution < -0.4 is 19.3 Å². The Morgan fingerprint density at radius 1 is 0.583 bits per heavy atom. The Kier molecular flexibility index (Phi) is 5.60. The Morgan fingerprint density at radius 2 is 0.972 bits per heavy atom. The minimum Gasteiger partial charge on any atom is -0.456 e. The molecule has 0 fully saturated rings. The van der Waals surface area contributed by atoms with E-state index < -0.39 is 23.6 Å². The number of carbonyl (C=O) groups is 4. The van der Waals surface area contributed by atoms with Gasteiger partial charge in [-0.2, -0.15) is 5.26 Å². The van der Waals surface area contributed by atoms with Gasteiger partial charge in [0.2, 0.25) is 0 Å². The van der Waals surface area contributed by atoms with Gasteiger partial charge in [-0.15, -0.1) is 0 Å². The first-order valence-corrected chi connectivity index (χ1v) is 10.7. The number of amides is 4. The number of nitriles is 1. The summed E-state index contributed by atoms with van der Waals surface area (Å²) in [4.78, 5) is 50.0. The first-order valence-electron chi connectivity index (χ1n) is 10.7. The zero-order valence-electron chi connectivity index (χ0n) is 18.5. The van der Waals surface area contributed by atoms with Crippen LogP contribution >= 0.6 is 0 Å². The summed E-state index contributed by atoms with van der Waals surface area (Å²) in [5.74, 6) is -0.852. The van der Waals surface area contributed by atoms with Crippen molar-refractivity contribution in [1.82, 2.24) is 0 Å². The zero-order chi connectivity index (χ0) is 25.2. The lowest BCUT2D eigenvalue weighted by atomic mass is 10.2. The lowest BCUT2D eigenvalue weighted by Gasteiger charge is -2.17. The van der Waals surface area contributed by atoms with Crippen LogP contribution in [0.5, 0.6) is 23.0 Å². The topological polar surface area (TPSA) is 117 Å². The van der Waals surface area contributed by atoms with Crippen molar-refractivity contribution < 1.29 is 28.7 Å². The number of ether oxygens (including phenoxy) is 2. The normalized spacial score (nSPS) is 14.5. The quantitative estimate of drug-likeness (QED) is 0.493. The van der Waals surface area contributed by atoms with E-state index in [0.29, 0.717) is 22.9 Å². The van der Waals surface area contributed by atoms with Crippen molar-refractivity contribution in [3.63, 3.8) is 0 Å². The molecule has 9 heteroatoms. The number of anilines is 2. The Bertz CT molecular complexity index is 1410. The zero-order valence-corrected chi connectivity index (χ0v) is 18.5. The predicted octanol–water partition coefficient (Wildman–Crippen LogP) is 4.00. The third-order valence-corrected chi connectivity index (χ3v) is 5.33. The fraction of sp³-hybridized carbons (Fsp3) is 0. The molecule has 4 amide bonds. The second-order valence-corrected chi connectivity index (χ2v) is 7.63. The standard InChI is InChI=1S/C27H15N3O6/c28-16-21-22(35-19-6-1-4-17(14-19)29-24(31)10-11-25(29)32)8-3-9-23(21)36-20-7-2-5-18(15-20)30-26(33)12-13-27(30)34/h1-15H. The van der Waals surface area contributed by atoms with Gasteiger partial charge in [0.25, 0.3) is 23.6 Å². The van der Waals surface area contributed by atoms with Crippen LogP contribution in [-0.2, 0) is 19.2 Å². The summed E-state index contributed by atoms with van der Waals surface area (Å²) in [7, 11) is 0. The van der Waals surface area contributed by atoms with Crippen LogP contribution in [0.15, 0.2) is 91.0 Å². The lowest BCUT2D eigenvalue weighted by Crippen LogP contribution is -2.29. The van der Waals surface area contributed by atoms with Gasteiger partial charge < -0.3 is 9.47 Å². The van der Waals surface area contributed by atoms with Gasteiger partial charge in [-0.25, -0.2) is 9.80 Å². The summed E-state index contributed by atoms with van der Waals surface area (Å²) >= 11 is 0. The number of nitrogens with zero attached hydrogens (tertiary/aromatic N) is 3. The minimum absolute atomic E-state index is 0.0956. The molecule has 3 aromatic carbocycles. The second kappa shape index (κ2) is 9.04. The molecule has 9 nitrogen and oxygen atoms in total. The summed E-state index contributed by atoms with van der Waals surface area (Å²) in [6.07, 6.45) is 4.74. The van der Waals surface area contributed by atoms with E-state index in [4.69, 9.17) is 9.47 Å². The van der Waals surface area contributed by atoms with Gasteiger partial charge in [0, 0.05) is 36.4 Å². The molecule has 0 N–H and O–H groups in total. The van der Waals surface area contributed by atoms with E-state index in [9.17, 15) is 24.4 Å². The van der Waals surface area contributed by atoms with Gasteiger partial charge >= 0.3 is 0 Å². The molecule has 2 aliphatic rings. The average Bonchev–Trinajstić information content (AvgIpc) is 3.39. The summed E-state index contributed by atoms with van der Waals surface area (Å²) in [5, 5.41) is 9.83. The SMILES string of the molecule is N#Cc1c(Oc2cccc(N3C(=O)C=CC3=O)c2)cccc1Oc1cccc(N2C(=O)C=CC2=O)c1. The molecule has 0 saturated heterocycles. The summed E-state index contributed by atoms with van der Waals surface area (Å²) in [6.45, 7) is 0. The predicted molar refractivity (Wildman–Crippen MR) is 127 cm³/mol. The number of rotatable bonds is 6. The van der Waals surface area contributed by atoms with Gasteiger partial charge in [-0.3, -0.25) is 19.2 Å². The van der Waals surface area contributed by atoms with Crippen LogP contribution in [0, 0.1) is 11.3 Å². The Balaban J connectivity index is 1.41. The van der Waals surface area contributed by atoms with Crippen molar-refractivity contribution >= 4 is 35.0 Å². The van der Waals surface area contributed by atoms with E-state index in [2.05, 4.69) is 6.07 Å². The van der Waals surface area contributed by atoms with Crippen LogP contribution in [0.1, 0.15) is 5.56 Å². The molecule has 0 saturated carbocycles. The van der Waals surface area contributed by atoms with E-state index in [1.54, 1.807) is 54.6 Å². The number of benzene rings is 3. The van der Waals surface area contributed by atoms with Crippen LogP contribution in [0.4, 0.5) is 11.4 Å². The highest BCUT2D eigenvalue weighted by Gasteiger charge is 2.26. The second-order valence-electron chi connectivity index (χ2n) is 7.63. The molecule has 0 atom stereocenters. The van der Waals surface area contributed by atoms with E-state index in [1.807, 2.05) is 0 Å². The van der Waals surface area contributed by atoms with Crippen molar-refractivity contribution in [2.24, 2.45) is 0 Å². The van der Waals surface area contributed by atoms with E-state index in [1.165, 1.54) is 36.4 Å². The molecule has 36 heavy (non-hydrogen) atoms. The summed E-state index contributed by atoms with van der Waals surface area (Å²) in [5.41, 5.74) is 0.754. The molecule has 3 aromatic rings. The Labute approximate surface area is 204 Å². The molecule has 0 unspecified atom stereocenters. The van der Waals surface area contributed by atoms with Gasteiger partial charge in [-0.05, 0) is 36.4 Å². The highest BCUT2D eigenvalue weighted by atomic mass is 16.5. The average molecular weight is 477 g/mol. The maximum absolute atomic E-state index is 12.0. The van der Waals surface area contributed by atoms with Gasteiger partial charge in [0.1, 0.15) is 34.6 Å². The Hall–Kier alpha value is -5.49. The van der Waals surface area contributed by atoms with Crippen molar-refractivity contribution in [2.45, 2.75) is 0 Å². The van der Waals surface area contributed by atoms with Gasteiger partial charge in [-0.1, -0.05) is 18.2 Å². The van der Waals surface area contributed by atoms with E-state index in [-0.39, 0.29) is 17.1 Å². The number of hydrogen-bond donors (Lipinski definition) is 0. The summed E-state index contributed by atoms with van der Waals surface area (Å²) in [6, 6.07) is 19.6. The lowest BCUT2D eigenvalue weighted by molar-refractivity contribution is -0.121. The molecular weight excluding hydrogens is 462 g/mol. The monoisotopic (exact) mass is 477 g/mol. The van der Waals surface area contributed by atoms with Crippen molar-refractivity contribution in [3.05, 3.63) is 96.6 Å². The first kappa shape index (κ1) is 22.3. The van der Waals surface area contributed by atoms with Crippen LogP contribution in [0.3, 0.4) is 0 Å². The number of imide groups is 2. The third kappa shape index (κ3) is 4.10. The molecule has 0 aliphatic carbocycles. The fourth-order valence-corrected chi connectivity index (χ4v) is 3.73. The van der Waals surface area contributed by atoms with Crippen molar-refractivity contribution in [3.8, 4) is 29.1 Å². The van der Waals surface area contributed by atoms with Crippen LogP contribution in [-0.4, -0.2) is 23.6 Å². The third-order valence-electron chi connectivity index (χ3n) is 5.33. The van der Waals surface area contributed by atoms with Gasteiger partial charge in [0.15, 0.2) is 0 Å². The maximum Gasteiger partial charge on any atom is 0.258 e. The molecule has 5 rings (SSSR count). The Morgan fingerprint density at radius 3 is 1.36 bits per heavy atom. The fourth-order valence-electron chi connectivity index (χ4n) is 3.73. The molecule has 174 valence electrons. The maximum atomic E-state index is 12.0. The highest BCUT2D eigenvalue weighted by molar-refractivity contribution is 6.28. The van der Waals surface area contributed by atoms with Crippen LogP contribution in [0.25, 0.3) is 0 Å². The molecular formula is C27H15N3O6. The van der Waals surface area contributed by atoms with E-state index >= 15 is 0 Å². The molecule has 2 heterocycles. The first-order chi connectivity index (χ1) is 17.4. The molecule has 0 aromatic heterocycles. The molecule has 0 spiro atoms. The molecule has 0 radical (unpaired) electrons. The summed E-state index contributed by atoms with van der Waals surface area (Å²) < 4.78 is 11.8. The minimum atomic E-state index is -0.458. The van der Waals surface area contributed by atoms with E-state index in [0.717, 1.165) is 9.80 Å². The van der Waals surface area contributed by atoms with Crippen LogP contribution in [0.2, 0.25) is 0 Å². The number of hydrogen-bond acceptors (Lipinski definition) is 7. The van der Waals surface area contributed by atoms with Crippen molar-refractivity contribution in [2.75, 3.05) is 9.80 Å².